The number of halogens is 1. The van der Waals surface area contributed by atoms with Crippen molar-refractivity contribution in [3.05, 3.63) is 34.9 Å². The Morgan fingerprint density at radius 3 is 2.25 bits per heavy atom. The minimum Gasteiger partial charge on any atom is -0.530 e. The highest BCUT2D eigenvalue weighted by molar-refractivity contribution is 6.30. The van der Waals surface area contributed by atoms with E-state index in [-0.39, 0.29) is 19.0 Å². The highest BCUT2D eigenvalue weighted by atomic mass is 35.5. The lowest BCUT2D eigenvalue weighted by Gasteiger charge is -2.07. The third kappa shape index (κ3) is 4.18. The van der Waals surface area contributed by atoms with Gasteiger partial charge in [0.15, 0.2) is 0 Å². The fourth-order valence-electron chi connectivity index (χ4n) is 1.04. The number of amides is 2. The molecule has 0 saturated carbocycles. The minimum absolute atomic E-state index is 0.113. The zero-order chi connectivity index (χ0) is 12.0. The summed E-state index contributed by atoms with van der Waals surface area (Å²) >= 11 is 5.66. The van der Waals surface area contributed by atoms with Crippen LogP contribution < -0.4 is 15.7 Å². The van der Waals surface area contributed by atoms with E-state index < -0.39 is 6.09 Å². The van der Waals surface area contributed by atoms with Crippen LogP contribution in [-0.2, 0) is 0 Å². The van der Waals surface area contributed by atoms with Crippen LogP contribution in [0.2, 0.25) is 5.02 Å². The van der Waals surface area contributed by atoms with Crippen molar-refractivity contribution >= 4 is 23.6 Å². The maximum Gasteiger partial charge on any atom is 0.251 e. The molecule has 1 aromatic carbocycles. The Bertz CT molecular complexity index is 378. The van der Waals surface area contributed by atoms with Gasteiger partial charge in [-0.2, -0.15) is 0 Å². The van der Waals surface area contributed by atoms with E-state index >= 15 is 0 Å². The van der Waals surface area contributed by atoms with Crippen molar-refractivity contribution < 1.29 is 14.7 Å². The second kappa shape index (κ2) is 5.97. The molecular formula is C10H10ClN2O3-. The summed E-state index contributed by atoms with van der Waals surface area (Å²) in [6, 6.07) is 6.39. The summed E-state index contributed by atoms with van der Waals surface area (Å²) < 4.78 is 0. The van der Waals surface area contributed by atoms with E-state index in [4.69, 9.17) is 11.6 Å². The Morgan fingerprint density at radius 2 is 1.69 bits per heavy atom. The van der Waals surface area contributed by atoms with Gasteiger partial charge in [0, 0.05) is 23.7 Å². The summed E-state index contributed by atoms with van der Waals surface area (Å²) in [7, 11) is 0. The van der Waals surface area contributed by atoms with E-state index in [2.05, 4.69) is 5.32 Å². The number of carboxylic acid groups (broad SMARTS) is 1. The summed E-state index contributed by atoms with van der Waals surface area (Å²) in [6.45, 7) is 0.317. The van der Waals surface area contributed by atoms with Crippen molar-refractivity contribution in [1.82, 2.24) is 10.6 Å². The summed E-state index contributed by atoms with van der Waals surface area (Å²) in [4.78, 5) is 21.5. The van der Waals surface area contributed by atoms with Gasteiger partial charge in [0.25, 0.3) is 5.91 Å². The van der Waals surface area contributed by atoms with Gasteiger partial charge in [0.2, 0.25) is 0 Å². The van der Waals surface area contributed by atoms with Gasteiger partial charge in [-0.05, 0) is 24.3 Å². The van der Waals surface area contributed by atoms with Crippen LogP contribution in [0.25, 0.3) is 0 Å². The summed E-state index contributed by atoms with van der Waals surface area (Å²) in [5.41, 5.74) is 0.470. The van der Waals surface area contributed by atoms with Crippen LogP contribution in [0.15, 0.2) is 24.3 Å². The molecule has 0 aliphatic rings. The third-order valence-corrected chi connectivity index (χ3v) is 2.04. The minimum atomic E-state index is -1.36. The normalized spacial score (nSPS) is 9.56. The van der Waals surface area contributed by atoms with Crippen molar-refractivity contribution in [3.8, 4) is 0 Å². The maximum atomic E-state index is 11.5. The molecule has 6 heteroatoms. The Hall–Kier alpha value is -1.75. The molecule has 0 radical (unpaired) electrons. The number of hydrogen-bond acceptors (Lipinski definition) is 3. The van der Waals surface area contributed by atoms with E-state index in [1.807, 2.05) is 5.32 Å². The van der Waals surface area contributed by atoms with Crippen LogP contribution >= 0.6 is 11.6 Å². The first kappa shape index (κ1) is 12.3. The van der Waals surface area contributed by atoms with Gasteiger partial charge in [-0.15, -0.1) is 0 Å². The molecule has 16 heavy (non-hydrogen) atoms. The van der Waals surface area contributed by atoms with Gasteiger partial charge in [-0.25, -0.2) is 0 Å². The predicted octanol–water partition coefficient (Wildman–Crippen LogP) is 0.00270. The standard InChI is InChI=1S/C10H11ClN2O3/c11-8-3-1-7(2-4-8)9(14)12-5-6-13-10(15)16/h1-4,13H,5-6H2,(H,12,14)(H,15,16)/p-1. The molecule has 0 bridgehead atoms. The number of carbonyl (C=O) groups excluding carboxylic acids is 2. The number of carbonyl (C=O) groups is 2. The zero-order valence-electron chi connectivity index (χ0n) is 8.33. The van der Waals surface area contributed by atoms with Gasteiger partial charge in [0.05, 0.1) is 0 Å². The van der Waals surface area contributed by atoms with E-state index in [1.165, 1.54) is 0 Å². The number of hydrogen-bond donors (Lipinski definition) is 2. The zero-order valence-corrected chi connectivity index (χ0v) is 9.08. The lowest BCUT2D eigenvalue weighted by molar-refractivity contribution is -0.250. The smallest absolute Gasteiger partial charge is 0.251 e. The van der Waals surface area contributed by atoms with Gasteiger partial charge in [-0.3, -0.25) is 4.79 Å². The van der Waals surface area contributed by atoms with Crippen molar-refractivity contribution in [2.24, 2.45) is 0 Å². The van der Waals surface area contributed by atoms with Gasteiger partial charge in [-0.1, -0.05) is 11.6 Å². The molecule has 1 aromatic rings. The SMILES string of the molecule is O=C([O-])NCCNC(=O)c1ccc(Cl)cc1. The maximum absolute atomic E-state index is 11.5. The fourth-order valence-corrected chi connectivity index (χ4v) is 1.17. The molecular weight excluding hydrogens is 232 g/mol. The average Bonchev–Trinajstić information content (AvgIpc) is 2.25. The first-order valence-corrected chi connectivity index (χ1v) is 4.96. The molecule has 0 fully saturated rings. The Labute approximate surface area is 97.4 Å². The summed E-state index contributed by atoms with van der Waals surface area (Å²) in [5, 5.41) is 15.1. The average molecular weight is 242 g/mol. The van der Waals surface area contributed by atoms with Crippen LogP contribution in [0.3, 0.4) is 0 Å². The van der Waals surface area contributed by atoms with Crippen LogP contribution in [-0.4, -0.2) is 25.1 Å². The van der Waals surface area contributed by atoms with Crippen molar-refractivity contribution in [1.29, 1.82) is 0 Å². The topological polar surface area (TPSA) is 81.3 Å². The van der Waals surface area contributed by atoms with Gasteiger partial charge >= 0.3 is 0 Å². The quantitative estimate of drug-likeness (QED) is 0.729. The molecule has 0 spiro atoms. The summed E-state index contributed by atoms with van der Waals surface area (Å²) in [5.74, 6) is -0.281. The van der Waals surface area contributed by atoms with Gasteiger partial charge in [0.1, 0.15) is 6.09 Å². The molecule has 0 atom stereocenters. The first-order valence-electron chi connectivity index (χ1n) is 4.58. The Kier molecular flexibility index (Phi) is 4.60. The molecule has 5 nitrogen and oxygen atoms in total. The molecule has 0 aromatic heterocycles. The largest absolute Gasteiger partial charge is 0.530 e. The van der Waals surface area contributed by atoms with Crippen molar-refractivity contribution in [3.63, 3.8) is 0 Å². The monoisotopic (exact) mass is 241 g/mol. The lowest BCUT2D eigenvalue weighted by Crippen LogP contribution is -2.41. The van der Waals surface area contributed by atoms with E-state index in [9.17, 15) is 14.7 Å². The van der Waals surface area contributed by atoms with Crippen LogP contribution in [0.1, 0.15) is 10.4 Å². The molecule has 2 amide bonds. The molecule has 0 aliphatic heterocycles. The molecule has 86 valence electrons. The van der Waals surface area contributed by atoms with Gasteiger partial charge < -0.3 is 20.5 Å². The second-order valence-electron chi connectivity index (χ2n) is 2.98. The second-order valence-corrected chi connectivity index (χ2v) is 3.41. The Balaban J connectivity index is 2.35. The molecule has 0 saturated heterocycles. The highest BCUT2D eigenvalue weighted by Gasteiger charge is 2.03. The number of rotatable bonds is 4. The first-order chi connectivity index (χ1) is 7.59. The fraction of sp³-hybridized carbons (Fsp3) is 0.200. The number of nitrogens with one attached hydrogen (secondary N) is 2. The highest BCUT2D eigenvalue weighted by Crippen LogP contribution is 2.08. The van der Waals surface area contributed by atoms with Crippen molar-refractivity contribution in [2.75, 3.05) is 13.1 Å². The van der Waals surface area contributed by atoms with Crippen LogP contribution in [0, 0.1) is 0 Å². The van der Waals surface area contributed by atoms with E-state index in [0.29, 0.717) is 10.6 Å². The van der Waals surface area contributed by atoms with Crippen molar-refractivity contribution in [2.45, 2.75) is 0 Å². The predicted molar refractivity (Wildman–Crippen MR) is 57.2 cm³/mol. The molecule has 1 rings (SSSR count). The molecule has 0 unspecified atom stereocenters. The summed E-state index contributed by atoms with van der Waals surface area (Å²) in [6.07, 6.45) is -1.36. The van der Waals surface area contributed by atoms with Crippen LogP contribution in [0.5, 0.6) is 0 Å². The molecule has 2 N–H and O–H groups in total. The third-order valence-electron chi connectivity index (χ3n) is 1.79. The Morgan fingerprint density at radius 1 is 1.12 bits per heavy atom. The van der Waals surface area contributed by atoms with Crippen LogP contribution in [0.4, 0.5) is 4.79 Å². The van der Waals surface area contributed by atoms with E-state index in [0.717, 1.165) is 0 Å². The molecule has 0 heterocycles. The lowest BCUT2D eigenvalue weighted by atomic mass is 10.2. The molecule has 0 aliphatic carbocycles. The number of benzene rings is 1. The van der Waals surface area contributed by atoms with E-state index in [1.54, 1.807) is 24.3 Å².